The summed E-state index contributed by atoms with van der Waals surface area (Å²) in [4.78, 5) is 26.7. The van der Waals surface area contributed by atoms with E-state index in [-0.39, 0.29) is 41.1 Å². The van der Waals surface area contributed by atoms with Gasteiger partial charge in [-0.15, -0.1) is 11.8 Å². The van der Waals surface area contributed by atoms with Crippen molar-refractivity contribution in [2.45, 2.75) is 49.8 Å². The molecule has 2 fully saturated rings. The number of thioether (sulfide) groups is 1. The van der Waals surface area contributed by atoms with Gasteiger partial charge in [0.1, 0.15) is 0 Å². The standard InChI is InChI=1S/C20H27NO5S2/c22-19(13-26-20(23)14-27-18-11-12-28(24,25)15-18)21(16-7-3-1-4-8-16)17-9-5-2-6-10-17/h1,3-4,7-8,17-18H,2,5-6,9-15H2/t18-/m0/s1. The summed E-state index contributed by atoms with van der Waals surface area (Å²) in [5.41, 5.74) is 0.834. The molecule has 28 heavy (non-hydrogen) atoms. The number of hydrogen-bond acceptors (Lipinski definition) is 6. The highest BCUT2D eigenvalue weighted by Crippen LogP contribution is 2.28. The molecule has 1 aliphatic carbocycles. The molecule has 1 heterocycles. The number of carbonyl (C=O) groups is 2. The second-order valence-corrected chi connectivity index (χ2v) is 10.9. The summed E-state index contributed by atoms with van der Waals surface area (Å²) in [5.74, 6) is -0.305. The van der Waals surface area contributed by atoms with Gasteiger partial charge >= 0.3 is 5.97 Å². The zero-order valence-corrected chi connectivity index (χ0v) is 17.6. The number of anilines is 1. The quantitative estimate of drug-likeness (QED) is 0.625. The molecule has 1 amide bonds. The molecule has 1 atom stereocenters. The van der Waals surface area contributed by atoms with Crippen LogP contribution in [0.3, 0.4) is 0 Å². The SMILES string of the molecule is O=C(CS[C@H]1CCS(=O)(=O)C1)OCC(=O)N(c1ccccc1)C1CCCCC1. The van der Waals surface area contributed by atoms with Gasteiger partial charge in [-0.3, -0.25) is 9.59 Å². The lowest BCUT2D eigenvalue weighted by molar-refractivity contribution is -0.145. The third kappa shape index (κ3) is 5.98. The second kappa shape index (κ2) is 9.78. The van der Waals surface area contributed by atoms with Crippen molar-refractivity contribution in [3.63, 3.8) is 0 Å². The molecular weight excluding hydrogens is 398 g/mol. The van der Waals surface area contributed by atoms with Crippen molar-refractivity contribution < 1.29 is 22.7 Å². The van der Waals surface area contributed by atoms with Crippen molar-refractivity contribution in [1.82, 2.24) is 0 Å². The predicted octanol–water partition coefficient (Wildman–Crippen LogP) is 2.82. The lowest BCUT2D eigenvalue weighted by Gasteiger charge is -2.34. The van der Waals surface area contributed by atoms with Gasteiger partial charge in [0.2, 0.25) is 0 Å². The summed E-state index contributed by atoms with van der Waals surface area (Å²) < 4.78 is 28.2. The fourth-order valence-electron chi connectivity index (χ4n) is 3.82. The minimum atomic E-state index is -2.96. The molecular formula is C20H27NO5S2. The van der Waals surface area contributed by atoms with Crippen LogP contribution in [-0.2, 0) is 24.2 Å². The number of benzene rings is 1. The Balaban J connectivity index is 1.52. The second-order valence-electron chi connectivity index (χ2n) is 7.39. The molecule has 1 aromatic carbocycles. The van der Waals surface area contributed by atoms with Crippen molar-refractivity contribution >= 4 is 39.2 Å². The van der Waals surface area contributed by atoms with Crippen LogP contribution in [0.15, 0.2) is 30.3 Å². The number of sulfone groups is 1. The molecule has 0 spiro atoms. The van der Waals surface area contributed by atoms with E-state index in [4.69, 9.17) is 4.74 Å². The number of carbonyl (C=O) groups excluding carboxylic acids is 2. The van der Waals surface area contributed by atoms with Gasteiger partial charge in [0.05, 0.1) is 17.3 Å². The molecule has 1 aromatic rings. The minimum Gasteiger partial charge on any atom is -0.455 e. The van der Waals surface area contributed by atoms with Crippen LogP contribution in [0.5, 0.6) is 0 Å². The number of rotatable bonds is 7. The number of para-hydroxylation sites is 1. The van der Waals surface area contributed by atoms with Crippen molar-refractivity contribution in [2.75, 3.05) is 28.8 Å². The van der Waals surface area contributed by atoms with Crippen LogP contribution in [0.1, 0.15) is 38.5 Å². The number of nitrogens with zero attached hydrogens (tertiary/aromatic N) is 1. The normalized spacial score (nSPS) is 21.9. The van der Waals surface area contributed by atoms with Crippen LogP contribution >= 0.6 is 11.8 Å². The van der Waals surface area contributed by atoms with Crippen LogP contribution in [0.4, 0.5) is 5.69 Å². The molecule has 0 unspecified atom stereocenters. The van der Waals surface area contributed by atoms with Gasteiger partial charge in [-0.1, -0.05) is 37.5 Å². The Morgan fingerprint density at radius 3 is 2.43 bits per heavy atom. The Morgan fingerprint density at radius 1 is 1.07 bits per heavy atom. The van der Waals surface area contributed by atoms with Gasteiger partial charge < -0.3 is 9.64 Å². The first kappa shape index (κ1) is 21.2. The van der Waals surface area contributed by atoms with Crippen molar-refractivity contribution in [1.29, 1.82) is 0 Å². The van der Waals surface area contributed by atoms with E-state index in [9.17, 15) is 18.0 Å². The molecule has 154 valence electrons. The van der Waals surface area contributed by atoms with Gasteiger partial charge in [-0.2, -0.15) is 0 Å². The summed E-state index contributed by atoms with van der Waals surface area (Å²) in [7, 11) is -2.96. The Hall–Kier alpha value is -1.54. The average molecular weight is 426 g/mol. The Morgan fingerprint density at radius 2 is 1.79 bits per heavy atom. The Kier molecular flexibility index (Phi) is 7.40. The maximum atomic E-state index is 12.9. The Bertz CT molecular complexity index is 775. The molecule has 8 heteroatoms. The first-order valence-electron chi connectivity index (χ1n) is 9.79. The number of amides is 1. The summed E-state index contributed by atoms with van der Waals surface area (Å²) in [5, 5.41) is -0.0590. The fourth-order valence-corrected chi connectivity index (χ4v) is 7.26. The van der Waals surface area contributed by atoms with Gasteiger partial charge in [0, 0.05) is 17.0 Å². The molecule has 1 saturated heterocycles. The molecule has 1 aliphatic heterocycles. The summed E-state index contributed by atoms with van der Waals surface area (Å²) in [6.07, 6.45) is 5.88. The van der Waals surface area contributed by atoms with Crippen LogP contribution in [0.25, 0.3) is 0 Å². The zero-order chi connectivity index (χ0) is 20.0. The smallest absolute Gasteiger partial charge is 0.316 e. The van der Waals surface area contributed by atoms with Gasteiger partial charge in [-0.25, -0.2) is 8.42 Å². The molecule has 0 radical (unpaired) electrons. The van der Waals surface area contributed by atoms with Crippen LogP contribution < -0.4 is 4.90 Å². The molecule has 2 aliphatic rings. The third-order valence-corrected chi connectivity index (χ3v) is 8.48. The maximum Gasteiger partial charge on any atom is 0.316 e. The molecule has 1 saturated carbocycles. The van der Waals surface area contributed by atoms with Gasteiger partial charge in [0.25, 0.3) is 5.91 Å². The number of esters is 1. The molecule has 0 aromatic heterocycles. The lowest BCUT2D eigenvalue weighted by atomic mass is 9.93. The lowest BCUT2D eigenvalue weighted by Crippen LogP contribution is -2.44. The van der Waals surface area contributed by atoms with Gasteiger partial charge in [0.15, 0.2) is 16.4 Å². The number of ether oxygens (including phenoxy) is 1. The highest BCUT2D eigenvalue weighted by Gasteiger charge is 2.30. The van der Waals surface area contributed by atoms with E-state index in [1.165, 1.54) is 18.2 Å². The zero-order valence-electron chi connectivity index (χ0n) is 15.9. The van der Waals surface area contributed by atoms with Gasteiger partial charge in [-0.05, 0) is 31.4 Å². The van der Waals surface area contributed by atoms with E-state index in [0.717, 1.165) is 31.4 Å². The molecule has 0 N–H and O–H groups in total. The van der Waals surface area contributed by atoms with Crippen LogP contribution in [0.2, 0.25) is 0 Å². The predicted molar refractivity (Wildman–Crippen MR) is 111 cm³/mol. The monoisotopic (exact) mass is 425 g/mol. The molecule has 3 rings (SSSR count). The average Bonchev–Trinajstić information content (AvgIpc) is 3.05. The van der Waals surface area contributed by atoms with Crippen LogP contribution in [-0.4, -0.2) is 55.5 Å². The topological polar surface area (TPSA) is 80.7 Å². The highest BCUT2D eigenvalue weighted by molar-refractivity contribution is 8.02. The molecule has 6 nitrogen and oxygen atoms in total. The van der Waals surface area contributed by atoms with Crippen molar-refractivity contribution in [3.8, 4) is 0 Å². The third-order valence-electron chi connectivity index (χ3n) is 5.23. The molecule has 0 bridgehead atoms. The van der Waals surface area contributed by atoms with Crippen LogP contribution in [0, 0.1) is 0 Å². The Labute approximate surface area is 170 Å². The van der Waals surface area contributed by atoms with E-state index >= 15 is 0 Å². The van der Waals surface area contributed by atoms with E-state index < -0.39 is 15.8 Å². The highest BCUT2D eigenvalue weighted by atomic mass is 32.2. The van der Waals surface area contributed by atoms with Crippen molar-refractivity contribution in [2.24, 2.45) is 0 Å². The fraction of sp³-hybridized carbons (Fsp3) is 0.600. The maximum absolute atomic E-state index is 12.9. The largest absolute Gasteiger partial charge is 0.455 e. The summed E-state index contributed by atoms with van der Waals surface area (Å²) >= 11 is 1.30. The first-order valence-corrected chi connectivity index (χ1v) is 12.7. The summed E-state index contributed by atoms with van der Waals surface area (Å²) in [6, 6.07) is 9.66. The minimum absolute atomic E-state index is 0.0590. The van der Waals surface area contributed by atoms with E-state index in [1.54, 1.807) is 4.90 Å². The summed E-state index contributed by atoms with van der Waals surface area (Å²) in [6.45, 7) is -0.284. The first-order chi connectivity index (χ1) is 13.4. The van der Waals surface area contributed by atoms with E-state index in [1.807, 2.05) is 30.3 Å². The number of hydrogen-bond donors (Lipinski definition) is 0. The van der Waals surface area contributed by atoms with Crippen molar-refractivity contribution in [3.05, 3.63) is 30.3 Å². The van der Waals surface area contributed by atoms with E-state index in [2.05, 4.69) is 0 Å². The van der Waals surface area contributed by atoms with E-state index in [0.29, 0.717) is 6.42 Å².